The SMILES string of the molecule is Cc1ccc(S(=O)(=O)O)cc1.Cc1nn(-c2ccc(CCNC(=O)NS(=O)(=O)c3ccccc3Cl)cc2)c(C)c1-c1ccccc1. The van der Waals surface area contributed by atoms with Crippen LogP contribution in [0.4, 0.5) is 4.79 Å². The van der Waals surface area contributed by atoms with Gasteiger partial charge in [-0.15, -0.1) is 0 Å². The van der Waals surface area contributed by atoms with E-state index in [1.165, 1.54) is 30.3 Å². The topological polar surface area (TPSA) is 147 Å². The van der Waals surface area contributed by atoms with E-state index in [2.05, 4.69) is 24.4 Å². The summed E-state index contributed by atoms with van der Waals surface area (Å²) >= 11 is 5.93. The molecular formula is C33H33ClN4O6S2. The number of halogens is 1. The molecule has 0 fully saturated rings. The summed E-state index contributed by atoms with van der Waals surface area (Å²) in [6, 6.07) is 29.2. The average molecular weight is 681 g/mol. The Morgan fingerprint density at radius 2 is 1.43 bits per heavy atom. The van der Waals surface area contributed by atoms with Crippen LogP contribution in [0.5, 0.6) is 0 Å². The van der Waals surface area contributed by atoms with Gasteiger partial charge in [-0.2, -0.15) is 13.5 Å². The maximum absolute atomic E-state index is 12.3. The summed E-state index contributed by atoms with van der Waals surface area (Å²) in [6.45, 7) is 6.16. The number of aryl methyl sites for hydroxylation is 2. The van der Waals surface area contributed by atoms with Crippen LogP contribution in [-0.2, 0) is 26.6 Å². The van der Waals surface area contributed by atoms with Crippen LogP contribution in [0.25, 0.3) is 16.8 Å². The van der Waals surface area contributed by atoms with E-state index in [0.29, 0.717) is 6.42 Å². The van der Waals surface area contributed by atoms with Gasteiger partial charge < -0.3 is 5.32 Å². The summed E-state index contributed by atoms with van der Waals surface area (Å²) in [5.41, 5.74) is 7.15. The van der Waals surface area contributed by atoms with E-state index < -0.39 is 26.2 Å². The number of sulfonamides is 1. The molecule has 1 aromatic heterocycles. The summed E-state index contributed by atoms with van der Waals surface area (Å²) < 4.78 is 58.2. The molecule has 0 saturated carbocycles. The normalized spacial score (nSPS) is 11.3. The van der Waals surface area contributed by atoms with Gasteiger partial charge >= 0.3 is 6.03 Å². The Balaban J connectivity index is 0.000000369. The molecule has 2 amide bonds. The number of rotatable bonds is 8. The minimum atomic E-state index is -4.05. The zero-order valence-electron chi connectivity index (χ0n) is 25.3. The van der Waals surface area contributed by atoms with Crippen molar-refractivity contribution < 1.29 is 26.2 Å². The van der Waals surface area contributed by atoms with Gasteiger partial charge in [-0.25, -0.2) is 22.6 Å². The van der Waals surface area contributed by atoms with Crippen LogP contribution in [0.15, 0.2) is 113 Å². The van der Waals surface area contributed by atoms with E-state index in [4.69, 9.17) is 21.3 Å². The standard InChI is InChI=1S/C26H25ClN4O3S.C7H8O3S/c1-18-25(21-8-4-3-5-9-21)19(2)31(29-18)22-14-12-20(13-15-22)16-17-28-26(32)30-35(33,34)24-11-7-6-10-23(24)27;1-6-2-4-7(5-3-6)11(8,9)10/h3-15H,16-17H2,1-2H3,(H2,28,30,32);2-5H,1H3,(H,8,9,10). The minimum absolute atomic E-state index is 0.0476. The molecule has 13 heteroatoms. The molecule has 46 heavy (non-hydrogen) atoms. The second-order valence-corrected chi connectivity index (χ2v) is 13.8. The molecule has 0 unspecified atom stereocenters. The molecule has 1 heterocycles. The molecule has 0 aliphatic carbocycles. The number of hydrogen-bond donors (Lipinski definition) is 3. The van der Waals surface area contributed by atoms with Crippen molar-refractivity contribution in [2.24, 2.45) is 0 Å². The van der Waals surface area contributed by atoms with Crippen LogP contribution in [-0.4, -0.2) is 43.7 Å². The largest absolute Gasteiger partial charge is 0.337 e. The van der Waals surface area contributed by atoms with Gasteiger partial charge in [0.25, 0.3) is 20.1 Å². The molecule has 5 rings (SSSR count). The molecule has 240 valence electrons. The highest BCUT2D eigenvalue weighted by molar-refractivity contribution is 7.90. The first-order chi connectivity index (χ1) is 21.8. The van der Waals surface area contributed by atoms with Crippen LogP contribution in [0.2, 0.25) is 5.02 Å². The van der Waals surface area contributed by atoms with Gasteiger partial charge in [-0.05, 0) is 74.7 Å². The number of aromatic nitrogens is 2. The Bertz CT molecular complexity index is 2030. The smallest absolute Gasteiger partial charge is 0.328 e. The van der Waals surface area contributed by atoms with Crippen LogP contribution >= 0.6 is 11.6 Å². The molecule has 3 N–H and O–H groups in total. The van der Waals surface area contributed by atoms with Crippen molar-refractivity contribution in [3.63, 3.8) is 0 Å². The molecule has 0 aliphatic heterocycles. The average Bonchev–Trinajstić information content (AvgIpc) is 3.31. The van der Waals surface area contributed by atoms with Gasteiger partial charge in [-0.1, -0.05) is 83.9 Å². The molecule has 4 aromatic carbocycles. The number of hydrogen-bond acceptors (Lipinski definition) is 6. The summed E-state index contributed by atoms with van der Waals surface area (Å²) in [6.07, 6.45) is 0.534. The van der Waals surface area contributed by atoms with E-state index >= 15 is 0 Å². The Morgan fingerprint density at radius 3 is 2.04 bits per heavy atom. The first-order valence-corrected chi connectivity index (χ1v) is 17.4. The van der Waals surface area contributed by atoms with Crippen molar-refractivity contribution in [1.82, 2.24) is 19.8 Å². The third-order valence-electron chi connectivity index (χ3n) is 6.91. The van der Waals surface area contributed by atoms with E-state index in [1.807, 2.05) is 65.7 Å². The number of nitrogens with one attached hydrogen (secondary N) is 2. The second kappa shape index (κ2) is 14.7. The fourth-order valence-corrected chi connectivity index (χ4v) is 6.56. The van der Waals surface area contributed by atoms with E-state index in [0.717, 1.165) is 39.3 Å². The van der Waals surface area contributed by atoms with Gasteiger partial charge in [0.2, 0.25) is 0 Å². The van der Waals surface area contributed by atoms with Crippen molar-refractivity contribution >= 4 is 37.8 Å². The quantitative estimate of drug-likeness (QED) is 0.163. The Hall–Kier alpha value is -4.49. The van der Waals surface area contributed by atoms with Crippen molar-refractivity contribution in [3.8, 4) is 16.8 Å². The van der Waals surface area contributed by atoms with Crippen molar-refractivity contribution in [2.45, 2.75) is 37.0 Å². The summed E-state index contributed by atoms with van der Waals surface area (Å²) in [4.78, 5) is 11.9. The highest BCUT2D eigenvalue weighted by Gasteiger charge is 2.20. The highest BCUT2D eigenvalue weighted by atomic mass is 35.5. The maximum Gasteiger partial charge on any atom is 0.328 e. The predicted octanol–water partition coefficient (Wildman–Crippen LogP) is 6.28. The molecule has 5 aromatic rings. The summed E-state index contributed by atoms with van der Waals surface area (Å²) in [7, 11) is -8.07. The number of nitrogens with zero attached hydrogens (tertiary/aromatic N) is 2. The summed E-state index contributed by atoms with van der Waals surface area (Å²) in [5, 5.41) is 7.34. The van der Waals surface area contributed by atoms with Gasteiger partial charge in [0.05, 0.1) is 21.3 Å². The number of urea groups is 1. The number of carbonyl (C=O) groups excluding carboxylic acids is 1. The van der Waals surface area contributed by atoms with Crippen molar-refractivity contribution in [3.05, 3.63) is 131 Å². The summed E-state index contributed by atoms with van der Waals surface area (Å²) in [5.74, 6) is 0. The first kappa shape index (κ1) is 34.4. The Labute approximate surface area is 273 Å². The molecule has 0 radical (unpaired) electrons. The Kier molecular flexibility index (Phi) is 11.0. The van der Waals surface area contributed by atoms with E-state index in [-0.39, 0.29) is 21.4 Å². The van der Waals surface area contributed by atoms with Crippen molar-refractivity contribution in [1.29, 1.82) is 0 Å². The van der Waals surface area contributed by atoms with Crippen LogP contribution in [0, 0.1) is 20.8 Å². The number of amides is 2. The molecule has 0 atom stereocenters. The predicted molar refractivity (Wildman–Crippen MR) is 178 cm³/mol. The van der Waals surface area contributed by atoms with Gasteiger partial charge in [0.1, 0.15) is 4.90 Å². The fraction of sp³-hybridized carbons (Fsp3) is 0.152. The lowest BCUT2D eigenvalue weighted by Gasteiger charge is -2.10. The lowest BCUT2D eigenvalue weighted by Crippen LogP contribution is -2.40. The third-order valence-corrected chi connectivity index (χ3v) is 9.60. The molecule has 10 nitrogen and oxygen atoms in total. The first-order valence-electron chi connectivity index (χ1n) is 14.1. The van der Waals surface area contributed by atoms with Crippen molar-refractivity contribution in [2.75, 3.05) is 6.54 Å². The van der Waals surface area contributed by atoms with Gasteiger partial charge in [0, 0.05) is 17.8 Å². The molecule has 0 aliphatic rings. The van der Waals surface area contributed by atoms with Gasteiger partial charge in [0.15, 0.2) is 0 Å². The molecule has 0 saturated heterocycles. The lowest BCUT2D eigenvalue weighted by atomic mass is 10.0. The monoisotopic (exact) mass is 680 g/mol. The van der Waals surface area contributed by atoms with Crippen LogP contribution in [0.3, 0.4) is 0 Å². The molecular weight excluding hydrogens is 648 g/mol. The van der Waals surface area contributed by atoms with Gasteiger partial charge in [-0.3, -0.25) is 4.55 Å². The zero-order chi connectivity index (χ0) is 33.5. The van der Waals surface area contributed by atoms with Crippen LogP contribution < -0.4 is 10.0 Å². The number of carbonyl (C=O) groups is 1. The second-order valence-electron chi connectivity index (χ2n) is 10.3. The fourth-order valence-electron chi connectivity index (χ4n) is 4.63. The third kappa shape index (κ3) is 8.82. The van der Waals surface area contributed by atoms with E-state index in [9.17, 15) is 21.6 Å². The Morgan fingerprint density at radius 1 is 0.826 bits per heavy atom. The zero-order valence-corrected chi connectivity index (χ0v) is 27.7. The minimum Gasteiger partial charge on any atom is -0.337 e. The maximum atomic E-state index is 12.3. The number of benzene rings is 4. The molecule has 0 spiro atoms. The molecule has 0 bridgehead atoms. The highest BCUT2D eigenvalue weighted by Crippen LogP contribution is 2.28. The van der Waals surface area contributed by atoms with Crippen LogP contribution in [0.1, 0.15) is 22.5 Å². The lowest BCUT2D eigenvalue weighted by molar-refractivity contribution is 0.246. The van der Waals surface area contributed by atoms with E-state index in [1.54, 1.807) is 18.2 Å².